The lowest BCUT2D eigenvalue weighted by atomic mass is 9.96. The molecule has 0 saturated carbocycles. The van der Waals surface area contributed by atoms with Crippen LogP contribution in [-0.4, -0.2) is 51.8 Å². The van der Waals surface area contributed by atoms with Gasteiger partial charge in [-0.05, 0) is 59.7 Å². The molecule has 2 aromatic rings. The van der Waals surface area contributed by atoms with Crippen LogP contribution in [0.15, 0.2) is 41.4 Å². The molecule has 2 aromatic carbocycles. The molecule has 6 heteroatoms. The van der Waals surface area contributed by atoms with Gasteiger partial charge >= 0.3 is 0 Å². The minimum Gasteiger partial charge on any atom is -0.497 e. The summed E-state index contributed by atoms with van der Waals surface area (Å²) in [7, 11) is 5.66. The molecule has 0 aromatic heterocycles. The van der Waals surface area contributed by atoms with Crippen molar-refractivity contribution in [2.24, 2.45) is 10.9 Å². The standard InChI is InChI=1S/C22H31N3O2.HI/c1-23-22(25(2)11-8-17-9-12-27-13-10-17)24-16-18-4-5-20-15-21(26-3)7-6-19(20)14-18;/h4-7,14-15,17H,8-13,16H2,1-3H3,(H,23,24);1H. The van der Waals surface area contributed by atoms with E-state index in [0.717, 1.165) is 43.9 Å². The lowest BCUT2D eigenvalue weighted by Crippen LogP contribution is -2.39. The molecule has 0 bridgehead atoms. The molecule has 1 saturated heterocycles. The van der Waals surface area contributed by atoms with Crippen LogP contribution in [0.4, 0.5) is 0 Å². The van der Waals surface area contributed by atoms with E-state index in [1.165, 1.54) is 35.6 Å². The fourth-order valence-electron chi connectivity index (χ4n) is 3.59. The van der Waals surface area contributed by atoms with Crippen LogP contribution in [0.5, 0.6) is 5.75 Å². The van der Waals surface area contributed by atoms with E-state index in [1.807, 2.05) is 13.1 Å². The number of hydrogen-bond acceptors (Lipinski definition) is 3. The summed E-state index contributed by atoms with van der Waals surface area (Å²) in [5, 5.41) is 5.90. The summed E-state index contributed by atoms with van der Waals surface area (Å²) in [6.45, 7) is 3.60. The first-order valence-electron chi connectivity index (χ1n) is 9.76. The summed E-state index contributed by atoms with van der Waals surface area (Å²) in [4.78, 5) is 6.67. The van der Waals surface area contributed by atoms with Gasteiger partial charge in [0, 0.05) is 40.4 Å². The number of rotatable bonds is 6. The van der Waals surface area contributed by atoms with Gasteiger partial charge < -0.3 is 19.7 Å². The minimum atomic E-state index is 0. The summed E-state index contributed by atoms with van der Waals surface area (Å²) >= 11 is 0. The highest BCUT2D eigenvalue weighted by atomic mass is 127. The van der Waals surface area contributed by atoms with Gasteiger partial charge in [-0.2, -0.15) is 0 Å². The quantitative estimate of drug-likeness (QED) is 0.368. The summed E-state index contributed by atoms with van der Waals surface area (Å²) in [5.41, 5.74) is 1.24. The highest BCUT2D eigenvalue weighted by molar-refractivity contribution is 14.0. The van der Waals surface area contributed by atoms with Crippen molar-refractivity contribution in [2.75, 3.05) is 41.0 Å². The Bertz CT molecular complexity index is 775. The second-order valence-corrected chi connectivity index (χ2v) is 7.21. The van der Waals surface area contributed by atoms with Crippen LogP contribution >= 0.6 is 24.0 Å². The number of methoxy groups -OCH3 is 1. The van der Waals surface area contributed by atoms with Crippen molar-refractivity contribution in [3.8, 4) is 5.75 Å². The third kappa shape index (κ3) is 6.24. The number of aliphatic imine (C=N–C) groups is 1. The Balaban J connectivity index is 0.00000280. The van der Waals surface area contributed by atoms with E-state index in [2.05, 4.69) is 52.6 Å². The predicted molar refractivity (Wildman–Crippen MR) is 127 cm³/mol. The largest absolute Gasteiger partial charge is 0.497 e. The van der Waals surface area contributed by atoms with Crippen LogP contribution in [0.3, 0.4) is 0 Å². The van der Waals surface area contributed by atoms with Crippen molar-refractivity contribution >= 4 is 40.7 Å². The molecule has 1 aliphatic rings. The topological polar surface area (TPSA) is 46.1 Å². The number of fused-ring (bicyclic) bond motifs is 1. The van der Waals surface area contributed by atoms with E-state index in [4.69, 9.17) is 9.47 Å². The maximum absolute atomic E-state index is 5.45. The average molecular weight is 497 g/mol. The van der Waals surface area contributed by atoms with Crippen molar-refractivity contribution in [3.63, 3.8) is 0 Å². The monoisotopic (exact) mass is 497 g/mol. The molecule has 28 heavy (non-hydrogen) atoms. The van der Waals surface area contributed by atoms with Crippen LogP contribution in [-0.2, 0) is 11.3 Å². The molecule has 0 unspecified atom stereocenters. The third-order valence-electron chi connectivity index (χ3n) is 5.35. The fourth-order valence-corrected chi connectivity index (χ4v) is 3.59. The van der Waals surface area contributed by atoms with Gasteiger partial charge in [0.2, 0.25) is 0 Å². The average Bonchev–Trinajstić information content (AvgIpc) is 2.73. The normalized spacial score (nSPS) is 15.2. The summed E-state index contributed by atoms with van der Waals surface area (Å²) in [6, 6.07) is 12.7. The Kier molecular flexibility index (Phi) is 9.31. The van der Waals surface area contributed by atoms with E-state index < -0.39 is 0 Å². The molecule has 0 radical (unpaired) electrons. The van der Waals surface area contributed by atoms with Crippen LogP contribution in [0.2, 0.25) is 0 Å². The maximum atomic E-state index is 5.45. The van der Waals surface area contributed by atoms with Gasteiger partial charge in [-0.1, -0.05) is 18.2 Å². The lowest BCUT2D eigenvalue weighted by molar-refractivity contribution is 0.0625. The van der Waals surface area contributed by atoms with E-state index in [-0.39, 0.29) is 24.0 Å². The first-order valence-corrected chi connectivity index (χ1v) is 9.76. The molecule has 0 atom stereocenters. The van der Waals surface area contributed by atoms with Gasteiger partial charge in [0.05, 0.1) is 7.11 Å². The fraction of sp³-hybridized carbons (Fsp3) is 0.500. The Morgan fingerprint density at radius 1 is 1.18 bits per heavy atom. The third-order valence-corrected chi connectivity index (χ3v) is 5.35. The minimum absolute atomic E-state index is 0. The van der Waals surface area contributed by atoms with Gasteiger partial charge in [-0.15, -0.1) is 24.0 Å². The van der Waals surface area contributed by atoms with Crippen LogP contribution < -0.4 is 10.1 Å². The molecule has 5 nitrogen and oxygen atoms in total. The number of benzene rings is 2. The number of nitrogens with one attached hydrogen (secondary N) is 1. The van der Waals surface area contributed by atoms with E-state index >= 15 is 0 Å². The van der Waals surface area contributed by atoms with Crippen molar-refractivity contribution in [1.82, 2.24) is 10.2 Å². The van der Waals surface area contributed by atoms with Crippen molar-refractivity contribution in [1.29, 1.82) is 0 Å². The predicted octanol–water partition coefficient (Wildman–Crippen LogP) is 4.29. The SMILES string of the molecule is CN=C(NCc1ccc2cc(OC)ccc2c1)N(C)CCC1CCOCC1.I. The number of ether oxygens (including phenoxy) is 2. The van der Waals surface area contributed by atoms with Gasteiger partial charge in [-0.3, -0.25) is 4.99 Å². The maximum Gasteiger partial charge on any atom is 0.193 e. The second kappa shape index (κ2) is 11.5. The Morgan fingerprint density at radius 3 is 2.61 bits per heavy atom. The zero-order valence-corrected chi connectivity index (χ0v) is 19.4. The highest BCUT2D eigenvalue weighted by Gasteiger charge is 2.15. The Hall–Kier alpha value is -1.54. The van der Waals surface area contributed by atoms with Crippen molar-refractivity contribution < 1.29 is 9.47 Å². The van der Waals surface area contributed by atoms with Gasteiger partial charge in [0.25, 0.3) is 0 Å². The molecule has 154 valence electrons. The van der Waals surface area contributed by atoms with Crippen molar-refractivity contribution in [2.45, 2.75) is 25.8 Å². The Labute approximate surface area is 185 Å². The van der Waals surface area contributed by atoms with Gasteiger partial charge in [-0.25, -0.2) is 0 Å². The smallest absolute Gasteiger partial charge is 0.193 e. The first kappa shape index (κ1) is 22.7. The molecular weight excluding hydrogens is 465 g/mol. The van der Waals surface area contributed by atoms with Crippen LogP contribution in [0.25, 0.3) is 10.8 Å². The Morgan fingerprint density at radius 2 is 1.89 bits per heavy atom. The molecule has 1 fully saturated rings. The van der Waals surface area contributed by atoms with Gasteiger partial charge in [0.15, 0.2) is 5.96 Å². The summed E-state index contributed by atoms with van der Waals surface area (Å²) < 4.78 is 10.7. The molecule has 1 aliphatic heterocycles. The van der Waals surface area contributed by atoms with E-state index in [9.17, 15) is 0 Å². The molecule has 1 heterocycles. The second-order valence-electron chi connectivity index (χ2n) is 7.21. The zero-order chi connectivity index (χ0) is 19.1. The molecular formula is C22H32IN3O2. The zero-order valence-electron chi connectivity index (χ0n) is 17.1. The highest BCUT2D eigenvalue weighted by Crippen LogP contribution is 2.22. The van der Waals surface area contributed by atoms with Crippen molar-refractivity contribution in [3.05, 3.63) is 42.0 Å². The van der Waals surface area contributed by atoms with Gasteiger partial charge in [0.1, 0.15) is 5.75 Å². The van der Waals surface area contributed by atoms with Crippen LogP contribution in [0.1, 0.15) is 24.8 Å². The summed E-state index contributed by atoms with van der Waals surface area (Å²) in [6.07, 6.45) is 3.56. The number of guanidine groups is 1. The molecule has 0 spiro atoms. The van der Waals surface area contributed by atoms with Crippen LogP contribution in [0, 0.1) is 5.92 Å². The molecule has 0 aliphatic carbocycles. The first-order chi connectivity index (χ1) is 13.2. The number of hydrogen-bond donors (Lipinski definition) is 1. The lowest BCUT2D eigenvalue weighted by Gasteiger charge is -2.26. The van der Waals surface area contributed by atoms with E-state index in [0.29, 0.717) is 0 Å². The summed E-state index contributed by atoms with van der Waals surface area (Å²) in [5.74, 6) is 2.61. The number of nitrogens with zero attached hydrogens (tertiary/aromatic N) is 2. The van der Waals surface area contributed by atoms with E-state index in [1.54, 1.807) is 7.11 Å². The molecule has 0 amide bonds. The molecule has 1 N–H and O–H groups in total. The molecule has 3 rings (SSSR count). The number of halogens is 1.